The summed E-state index contributed by atoms with van der Waals surface area (Å²) in [5, 5.41) is 3.23. The van der Waals surface area contributed by atoms with Crippen molar-refractivity contribution in [3.63, 3.8) is 0 Å². The second-order valence-corrected chi connectivity index (χ2v) is 9.10. The van der Waals surface area contributed by atoms with E-state index in [0.29, 0.717) is 13.0 Å². The number of carbonyl (C=O) groups excluding carboxylic acids is 1. The molecule has 1 fully saturated rings. The third-order valence-electron chi connectivity index (χ3n) is 5.62. The normalized spacial score (nSPS) is 19.0. The van der Waals surface area contributed by atoms with Crippen LogP contribution in [0.1, 0.15) is 64.0 Å². The SMILES string of the molecule is COc1ccccc1C(CC(=O)NC1CCOC(C)(C)C1)c1ccc(OC(C)C)cc1. The number of para-hydroxylation sites is 1. The molecule has 3 rings (SSSR count). The van der Waals surface area contributed by atoms with Crippen LogP contribution < -0.4 is 14.8 Å². The van der Waals surface area contributed by atoms with Crippen LogP contribution in [0.3, 0.4) is 0 Å². The summed E-state index contributed by atoms with van der Waals surface area (Å²) in [6.45, 7) is 8.83. The van der Waals surface area contributed by atoms with Crippen molar-refractivity contribution in [3.8, 4) is 11.5 Å². The van der Waals surface area contributed by atoms with Crippen molar-refractivity contribution in [2.45, 2.75) is 70.6 Å². The van der Waals surface area contributed by atoms with Crippen LogP contribution in [0.4, 0.5) is 0 Å². The summed E-state index contributed by atoms with van der Waals surface area (Å²) in [5.74, 6) is 1.54. The molecule has 2 aromatic rings. The number of nitrogens with one attached hydrogen (secondary N) is 1. The maximum atomic E-state index is 13.1. The van der Waals surface area contributed by atoms with E-state index in [1.54, 1.807) is 7.11 Å². The van der Waals surface area contributed by atoms with Gasteiger partial charge in [0, 0.05) is 30.6 Å². The Bertz CT molecular complexity index is 860. The number of amides is 1. The van der Waals surface area contributed by atoms with Crippen molar-refractivity contribution >= 4 is 5.91 Å². The Morgan fingerprint density at radius 3 is 2.52 bits per heavy atom. The Labute approximate surface area is 186 Å². The van der Waals surface area contributed by atoms with Gasteiger partial charge in [-0.1, -0.05) is 30.3 Å². The second kappa shape index (κ2) is 10.2. The van der Waals surface area contributed by atoms with Crippen LogP contribution in [0.2, 0.25) is 0 Å². The minimum absolute atomic E-state index is 0.0427. The first-order chi connectivity index (χ1) is 14.8. The zero-order chi connectivity index (χ0) is 22.4. The van der Waals surface area contributed by atoms with Gasteiger partial charge in [0.2, 0.25) is 5.91 Å². The van der Waals surface area contributed by atoms with E-state index in [0.717, 1.165) is 35.5 Å². The smallest absolute Gasteiger partial charge is 0.221 e. The fraction of sp³-hybridized carbons (Fsp3) is 0.500. The lowest BCUT2D eigenvalue weighted by molar-refractivity contribution is -0.124. The molecule has 5 nitrogen and oxygen atoms in total. The summed E-state index contributed by atoms with van der Waals surface area (Å²) in [7, 11) is 1.67. The molecule has 1 aliphatic heterocycles. The predicted molar refractivity (Wildman–Crippen MR) is 123 cm³/mol. The van der Waals surface area contributed by atoms with Crippen LogP contribution in [0.5, 0.6) is 11.5 Å². The van der Waals surface area contributed by atoms with Gasteiger partial charge in [-0.3, -0.25) is 4.79 Å². The zero-order valence-electron chi connectivity index (χ0n) is 19.3. The fourth-order valence-corrected chi connectivity index (χ4v) is 4.24. The van der Waals surface area contributed by atoms with Crippen LogP contribution in [-0.2, 0) is 9.53 Å². The van der Waals surface area contributed by atoms with E-state index in [2.05, 4.69) is 19.2 Å². The number of methoxy groups -OCH3 is 1. The van der Waals surface area contributed by atoms with Crippen molar-refractivity contribution in [3.05, 3.63) is 59.7 Å². The highest BCUT2D eigenvalue weighted by atomic mass is 16.5. The average Bonchev–Trinajstić information content (AvgIpc) is 2.71. The lowest BCUT2D eigenvalue weighted by Gasteiger charge is -2.36. The van der Waals surface area contributed by atoms with Crippen molar-refractivity contribution in [2.75, 3.05) is 13.7 Å². The van der Waals surface area contributed by atoms with E-state index in [-0.39, 0.29) is 29.6 Å². The van der Waals surface area contributed by atoms with Gasteiger partial charge in [0.05, 0.1) is 18.8 Å². The van der Waals surface area contributed by atoms with Crippen LogP contribution >= 0.6 is 0 Å². The number of hydrogen-bond donors (Lipinski definition) is 1. The zero-order valence-corrected chi connectivity index (χ0v) is 19.3. The van der Waals surface area contributed by atoms with Crippen molar-refractivity contribution in [1.29, 1.82) is 0 Å². The van der Waals surface area contributed by atoms with Gasteiger partial charge in [-0.15, -0.1) is 0 Å². The molecule has 2 atom stereocenters. The molecule has 31 heavy (non-hydrogen) atoms. The van der Waals surface area contributed by atoms with Crippen LogP contribution in [0.25, 0.3) is 0 Å². The Morgan fingerprint density at radius 2 is 1.87 bits per heavy atom. The first kappa shape index (κ1) is 23.1. The maximum Gasteiger partial charge on any atom is 0.221 e. The molecule has 168 valence electrons. The largest absolute Gasteiger partial charge is 0.496 e. The first-order valence-electron chi connectivity index (χ1n) is 11.1. The Balaban J connectivity index is 1.81. The van der Waals surface area contributed by atoms with Gasteiger partial charge in [0.15, 0.2) is 0 Å². The Hall–Kier alpha value is -2.53. The molecule has 1 amide bonds. The molecule has 0 aromatic heterocycles. The van der Waals surface area contributed by atoms with Crippen molar-refractivity contribution < 1.29 is 19.0 Å². The number of benzene rings is 2. The minimum Gasteiger partial charge on any atom is -0.496 e. The van der Waals surface area contributed by atoms with E-state index in [4.69, 9.17) is 14.2 Å². The van der Waals surface area contributed by atoms with Gasteiger partial charge in [-0.05, 0) is 64.3 Å². The van der Waals surface area contributed by atoms with Crippen LogP contribution in [-0.4, -0.2) is 37.4 Å². The van der Waals surface area contributed by atoms with E-state index in [9.17, 15) is 4.79 Å². The maximum absolute atomic E-state index is 13.1. The molecule has 1 aliphatic rings. The number of ether oxygens (including phenoxy) is 3. The highest BCUT2D eigenvalue weighted by Gasteiger charge is 2.30. The minimum atomic E-state index is -0.204. The van der Waals surface area contributed by atoms with E-state index < -0.39 is 0 Å². The van der Waals surface area contributed by atoms with Gasteiger partial charge < -0.3 is 19.5 Å². The lowest BCUT2D eigenvalue weighted by atomic mass is 9.87. The monoisotopic (exact) mass is 425 g/mol. The third-order valence-corrected chi connectivity index (χ3v) is 5.62. The van der Waals surface area contributed by atoms with Gasteiger partial charge >= 0.3 is 0 Å². The highest BCUT2D eigenvalue weighted by Crippen LogP contribution is 2.35. The number of hydrogen-bond acceptors (Lipinski definition) is 4. The lowest BCUT2D eigenvalue weighted by Crippen LogP contribution is -2.46. The molecule has 0 spiro atoms. The summed E-state index contributed by atoms with van der Waals surface area (Å²) in [4.78, 5) is 13.1. The number of rotatable bonds is 8. The molecule has 1 saturated heterocycles. The number of carbonyl (C=O) groups is 1. The van der Waals surface area contributed by atoms with E-state index in [1.807, 2.05) is 62.4 Å². The van der Waals surface area contributed by atoms with Crippen molar-refractivity contribution in [2.24, 2.45) is 0 Å². The molecular weight excluding hydrogens is 390 g/mol. The molecule has 0 radical (unpaired) electrons. The molecule has 0 bridgehead atoms. The quantitative estimate of drug-likeness (QED) is 0.641. The topological polar surface area (TPSA) is 56.8 Å². The average molecular weight is 426 g/mol. The second-order valence-electron chi connectivity index (χ2n) is 9.10. The standard InChI is InChI=1S/C26H35NO4/c1-18(2)31-21-12-10-19(11-13-21)23(22-8-6-7-9-24(22)29-5)16-25(28)27-20-14-15-30-26(3,4)17-20/h6-13,18,20,23H,14-17H2,1-5H3,(H,27,28). The summed E-state index contributed by atoms with van der Waals surface area (Å²) >= 11 is 0. The molecule has 5 heteroatoms. The van der Waals surface area contributed by atoms with Gasteiger partial charge in [0.25, 0.3) is 0 Å². The fourth-order valence-electron chi connectivity index (χ4n) is 4.24. The van der Waals surface area contributed by atoms with Gasteiger partial charge in [0.1, 0.15) is 11.5 Å². The summed E-state index contributed by atoms with van der Waals surface area (Å²) in [6, 6.07) is 16.1. The Kier molecular flexibility index (Phi) is 7.60. The molecular formula is C26H35NO4. The first-order valence-corrected chi connectivity index (χ1v) is 11.1. The van der Waals surface area contributed by atoms with E-state index >= 15 is 0 Å². The molecule has 1 N–H and O–H groups in total. The van der Waals surface area contributed by atoms with Crippen LogP contribution in [0.15, 0.2) is 48.5 Å². The van der Waals surface area contributed by atoms with E-state index in [1.165, 1.54) is 0 Å². The van der Waals surface area contributed by atoms with Gasteiger partial charge in [-0.25, -0.2) is 0 Å². The molecule has 0 aliphatic carbocycles. The molecule has 1 heterocycles. The molecule has 2 unspecified atom stereocenters. The third kappa shape index (κ3) is 6.47. The van der Waals surface area contributed by atoms with Crippen molar-refractivity contribution in [1.82, 2.24) is 5.32 Å². The predicted octanol–water partition coefficient (Wildman–Crippen LogP) is 5.08. The molecule has 2 aromatic carbocycles. The Morgan fingerprint density at radius 1 is 1.16 bits per heavy atom. The molecule has 0 saturated carbocycles. The summed E-state index contributed by atoms with van der Waals surface area (Å²) < 4.78 is 17.2. The highest BCUT2D eigenvalue weighted by molar-refractivity contribution is 5.78. The summed E-state index contributed by atoms with van der Waals surface area (Å²) in [5.41, 5.74) is 1.86. The summed E-state index contributed by atoms with van der Waals surface area (Å²) in [6.07, 6.45) is 2.13. The van der Waals surface area contributed by atoms with Crippen LogP contribution in [0, 0.1) is 0 Å². The van der Waals surface area contributed by atoms with Gasteiger partial charge in [-0.2, -0.15) is 0 Å².